The highest BCUT2D eigenvalue weighted by Crippen LogP contribution is 2.31. The Hall–Kier alpha value is -3.03. The Kier molecular flexibility index (Phi) is 4.64. The van der Waals surface area contributed by atoms with Gasteiger partial charge in [0.05, 0.1) is 24.2 Å². The van der Waals surface area contributed by atoms with Crippen LogP contribution in [0.2, 0.25) is 0 Å². The zero-order valence-corrected chi connectivity index (χ0v) is 16.8. The van der Waals surface area contributed by atoms with Gasteiger partial charge in [0.15, 0.2) is 5.79 Å². The predicted octanol–water partition coefficient (Wildman–Crippen LogP) is 2.58. The monoisotopic (exact) mass is 405 g/mol. The summed E-state index contributed by atoms with van der Waals surface area (Å²) >= 11 is 0. The Bertz CT molecular complexity index is 1150. The molecule has 7 nitrogen and oxygen atoms in total. The second-order valence-electron chi connectivity index (χ2n) is 7.79. The second-order valence-corrected chi connectivity index (χ2v) is 7.79. The minimum absolute atomic E-state index is 0.0197. The summed E-state index contributed by atoms with van der Waals surface area (Å²) in [4.78, 5) is 32.1. The molecule has 154 valence electrons. The first-order valence-electron chi connectivity index (χ1n) is 10.2. The number of aromatic nitrogens is 2. The summed E-state index contributed by atoms with van der Waals surface area (Å²) in [6.45, 7) is 2.45. The molecule has 1 amide bonds. The fourth-order valence-electron chi connectivity index (χ4n) is 4.26. The van der Waals surface area contributed by atoms with Crippen molar-refractivity contribution in [1.82, 2.24) is 14.5 Å². The molecule has 3 heterocycles. The number of ether oxygens (including phenoxy) is 2. The lowest BCUT2D eigenvalue weighted by Crippen LogP contribution is -2.47. The molecule has 0 N–H and O–H groups in total. The Morgan fingerprint density at radius 1 is 1.00 bits per heavy atom. The maximum atomic E-state index is 12.9. The molecule has 30 heavy (non-hydrogen) atoms. The van der Waals surface area contributed by atoms with Gasteiger partial charge < -0.3 is 18.9 Å². The summed E-state index contributed by atoms with van der Waals surface area (Å²) < 4.78 is 13.1. The number of rotatable bonds is 2. The van der Waals surface area contributed by atoms with E-state index in [-0.39, 0.29) is 11.5 Å². The molecule has 0 radical (unpaired) electrons. The van der Waals surface area contributed by atoms with Crippen molar-refractivity contribution in [3.8, 4) is 11.3 Å². The molecule has 2 aromatic carbocycles. The molecule has 3 aromatic rings. The predicted molar refractivity (Wildman–Crippen MR) is 112 cm³/mol. The molecule has 0 bridgehead atoms. The molecule has 0 unspecified atom stereocenters. The van der Waals surface area contributed by atoms with Crippen LogP contribution in [-0.4, -0.2) is 52.4 Å². The minimum Gasteiger partial charge on any atom is -0.347 e. The van der Waals surface area contributed by atoms with E-state index in [0.29, 0.717) is 56.0 Å². The Labute approximate surface area is 173 Å². The molecule has 2 aliphatic heterocycles. The number of carbonyl (C=O) groups is 1. The van der Waals surface area contributed by atoms with Crippen molar-refractivity contribution < 1.29 is 14.3 Å². The third-order valence-corrected chi connectivity index (χ3v) is 6.01. The van der Waals surface area contributed by atoms with Gasteiger partial charge in [0.25, 0.3) is 11.5 Å². The van der Waals surface area contributed by atoms with Gasteiger partial charge in [0.2, 0.25) is 0 Å². The topological polar surface area (TPSA) is 73.7 Å². The molecule has 1 aromatic heterocycles. The highest BCUT2D eigenvalue weighted by molar-refractivity contribution is 5.94. The summed E-state index contributed by atoms with van der Waals surface area (Å²) in [7, 11) is 1.74. The molecule has 2 saturated heterocycles. The second kappa shape index (κ2) is 7.34. The summed E-state index contributed by atoms with van der Waals surface area (Å²) in [5.41, 5.74) is 3.06. The van der Waals surface area contributed by atoms with E-state index in [1.807, 2.05) is 29.2 Å². The SMILES string of the molecule is Cn1c(=O)c(-c2ccc(C(=O)N3CCC4(CC3)OCCO4)cc2)nc2ccccc21. The highest BCUT2D eigenvalue weighted by Gasteiger charge is 2.40. The van der Waals surface area contributed by atoms with E-state index in [9.17, 15) is 9.59 Å². The van der Waals surface area contributed by atoms with Crippen molar-refractivity contribution in [2.45, 2.75) is 18.6 Å². The lowest BCUT2D eigenvalue weighted by Gasteiger charge is -2.37. The summed E-state index contributed by atoms with van der Waals surface area (Å²) in [6.07, 6.45) is 1.38. The number of benzene rings is 2. The average Bonchev–Trinajstić information content (AvgIpc) is 3.24. The van der Waals surface area contributed by atoms with Crippen LogP contribution < -0.4 is 5.56 Å². The molecule has 0 aliphatic carbocycles. The van der Waals surface area contributed by atoms with Crippen molar-refractivity contribution in [2.75, 3.05) is 26.3 Å². The van der Waals surface area contributed by atoms with E-state index < -0.39 is 5.79 Å². The maximum absolute atomic E-state index is 12.9. The normalized spacial score (nSPS) is 18.2. The van der Waals surface area contributed by atoms with E-state index in [2.05, 4.69) is 4.98 Å². The van der Waals surface area contributed by atoms with Gasteiger partial charge in [-0.05, 0) is 24.3 Å². The minimum atomic E-state index is -0.498. The number of hydrogen-bond acceptors (Lipinski definition) is 5. The van der Waals surface area contributed by atoms with Crippen LogP contribution >= 0.6 is 0 Å². The fraction of sp³-hybridized carbons (Fsp3) is 0.348. The number of para-hydroxylation sites is 2. The van der Waals surface area contributed by atoms with Crippen LogP contribution in [0.25, 0.3) is 22.3 Å². The lowest BCUT2D eigenvalue weighted by molar-refractivity contribution is -0.181. The molecular formula is C23H23N3O4. The van der Waals surface area contributed by atoms with E-state index in [1.54, 1.807) is 35.9 Å². The number of carbonyl (C=O) groups excluding carboxylic acids is 1. The number of fused-ring (bicyclic) bond motifs is 1. The van der Waals surface area contributed by atoms with Crippen LogP contribution in [-0.2, 0) is 16.5 Å². The largest absolute Gasteiger partial charge is 0.347 e. The van der Waals surface area contributed by atoms with Gasteiger partial charge in [0.1, 0.15) is 5.69 Å². The van der Waals surface area contributed by atoms with Crippen LogP contribution in [0.15, 0.2) is 53.3 Å². The van der Waals surface area contributed by atoms with Crippen molar-refractivity contribution in [3.63, 3.8) is 0 Å². The Balaban J connectivity index is 1.37. The van der Waals surface area contributed by atoms with Gasteiger partial charge in [0, 0.05) is 44.1 Å². The summed E-state index contributed by atoms with van der Waals surface area (Å²) in [6, 6.07) is 14.7. The zero-order valence-electron chi connectivity index (χ0n) is 16.8. The molecule has 2 aliphatic rings. The molecule has 0 atom stereocenters. The first-order valence-corrected chi connectivity index (χ1v) is 10.2. The van der Waals surface area contributed by atoms with Gasteiger partial charge in [-0.3, -0.25) is 9.59 Å². The Morgan fingerprint density at radius 3 is 2.37 bits per heavy atom. The van der Waals surface area contributed by atoms with Crippen LogP contribution in [0.3, 0.4) is 0 Å². The lowest BCUT2D eigenvalue weighted by atomic mass is 10.0. The first kappa shape index (κ1) is 19.0. The zero-order chi connectivity index (χ0) is 20.7. The number of likely N-dealkylation sites (tertiary alicyclic amines) is 1. The number of piperidine rings is 1. The highest BCUT2D eigenvalue weighted by atomic mass is 16.7. The van der Waals surface area contributed by atoms with Gasteiger partial charge in [-0.25, -0.2) is 4.98 Å². The van der Waals surface area contributed by atoms with Gasteiger partial charge >= 0.3 is 0 Å². The third kappa shape index (κ3) is 3.20. The first-order chi connectivity index (χ1) is 14.6. The molecule has 0 saturated carbocycles. The quantitative estimate of drug-likeness (QED) is 0.655. The molecule has 5 rings (SSSR count). The van der Waals surface area contributed by atoms with Crippen LogP contribution in [0.4, 0.5) is 0 Å². The van der Waals surface area contributed by atoms with Gasteiger partial charge in [-0.2, -0.15) is 0 Å². The standard InChI is InChI=1S/C23H23N3O4/c1-25-19-5-3-2-4-18(19)24-20(22(25)28)16-6-8-17(9-7-16)21(27)26-12-10-23(11-13-26)29-14-15-30-23/h2-9H,10-15H2,1H3. The molecule has 7 heteroatoms. The van der Waals surface area contributed by atoms with E-state index in [4.69, 9.17) is 9.47 Å². The van der Waals surface area contributed by atoms with Gasteiger partial charge in [-0.15, -0.1) is 0 Å². The number of amides is 1. The van der Waals surface area contributed by atoms with Crippen molar-refractivity contribution in [3.05, 3.63) is 64.4 Å². The van der Waals surface area contributed by atoms with Crippen LogP contribution in [0.5, 0.6) is 0 Å². The number of nitrogens with zero attached hydrogens (tertiary/aromatic N) is 3. The van der Waals surface area contributed by atoms with Crippen molar-refractivity contribution in [2.24, 2.45) is 7.05 Å². The number of aryl methyl sites for hydroxylation is 1. The Morgan fingerprint density at radius 2 is 1.67 bits per heavy atom. The van der Waals surface area contributed by atoms with E-state index >= 15 is 0 Å². The summed E-state index contributed by atoms with van der Waals surface area (Å²) in [5.74, 6) is -0.517. The number of hydrogen-bond donors (Lipinski definition) is 0. The molecule has 1 spiro atoms. The molecular weight excluding hydrogens is 382 g/mol. The fourth-order valence-corrected chi connectivity index (χ4v) is 4.26. The van der Waals surface area contributed by atoms with Crippen molar-refractivity contribution in [1.29, 1.82) is 0 Å². The molecule has 2 fully saturated rings. The van der Waals surface area contributed by atoms with Crippen molar-refractivity contribution >= 4 is 16.9 Å². The van der Waals surface area contributed by atoms with Gasteiger partial charge in [-0.1, -0.05) is 24.3 Å². The summed E-state index contributed by atoms with van der Waals surface area (Å²) in [5, 5.41) is 0. The van der Waals surface area contributed by atoms with Crippen LogP contribution in [0, 0.1) is 0 Å². The maximum Gasteiger partial charge on any atom is 0.277 e. The average molecular weight is 405 g/mol. The smallest absolute Gasteiger partial charge is 0.277 e. The van der Waals surface area contributed by atoms with E-state index in [1.165, 1.54) is 0 Å². The van der Waals surface area contributed by atoms with Crippen LogP contribution in [0.1, 0.15) is 23.2 Å². The van der Waals surface area contributed by atoms with E-state index in [0.717, 1.165) is 11.0 Å². The third-order valence-electron chi connectivity index (χ3n) is 6.01.